The lowest BCUT2D eigenvalue weighted by Crippen LogP contribution is -2.23. The molecule has 0 fully saturated rings. The smallest absolute Gasteiger partial charge is 0.239 e. The van der Waals surface area contributed by atoms with Gasteiger partial charge in [-0.25, -0.2) is 14.5 Å². The van der Waals surface area contributed by atoms with Crippen molar-refractivity contribution in [2.24, 2.45) is 0 Å². The van der Waals surface area contributed by atoms with Gasteiger partial charge < -0.3 is 4.85 Å². The number of nitriles is 1. The highest BCUT2D eigenvalue weighted by Crippen LogP contribution is 2.31. The number of hydrogen-bond acceptors (Lipinski definition) is 3. The first-order valence-electron chi connectivity index (χ1n) is 9.96. The van der Waals surface area contributed by atoms with Crippen molar-refractivity contribution in [3.8, 4) is 17.7 Å². The summed E-state index contributed by atoms with van der Waals surface area (Å²) in [5.41, 5.74) is 3.63. The maximum absolute atomic E-state index is 9.51. The number of aryl methyl sites for hydroxylation is 2. The Morgan fingerprint density at radius 1 is 0.871 bits per heavy atom. The zero-order valence-electron chi connectivity index (χ0n) is 18.0. The largest absolute Gasteiger partial charge is 0.363 e. The Morgan fingerprint density at radius 3 is 2.00 bits per heavy atom. The van der Waals surface area contributed by atoms with Gasteiger partial charge in [-0.15, -0.1) is 0 Å². The molecule has 0 saturated heterocycles. The van der Waals surface area contributed by atoms with E-state index in [0.717, 1.165) is 22.5 Å². The quantitative estimate of drug-likeness (QED) is 0.425. The molecule has 152 valence electrons. The molecule has 0 bridgehead atoms. The van der Waals surface area contributed by atoms with Crippen LogP contribution in [0.4, 0.5) is 5.82 Å². The van der Waals surface area contributed by atoms with Gasteiger partial charge in [-0.1, -0.05) is 18.7 Å². The van der Waals surface area contributed by atoms with E-state index in [-0.39, 0.29) is 0 Å². The lowest BCUT2D eigenvalue weighted by Gasteiger charge is -2.24. The van der Waals surface area contributed by atoms with E-state index in [0.29, 0.717) is 23.1 Å². The van der Waals surface area contributed by atoms with Crippen LogP contribution in [0.25, 0.3) is 16.5 Å². The van der Waals surface area contributed by atoms with Gasteiger partial charge in [0.25, 0.3) is 0 Å². The molecule has 0 spiro atoms. The zero-order chi connectivity index (χ0) is 22.2. The molecule has 31 heavy (non-hydrogen) atoms. The zero-order valence-corrected chi connectivity index (χ0v) is 18.0. The maximum atomic E-state index is 9.51. The second-order valence-electron chi connectivity index (χ2n) is 8.02. The molecule has 4 rings (SSSR count). The fraction of sp³-hybridized carbons (Fsp3) is 0.200. The third-order valence-electron chi connectivity index (χ3n) is 5.60. The fourth-order valence-electron chi connectivity index (χ4n) is 3.65. The summed E-state index contributed by atoms with van der Waals surface area (Å²) in [5, 5.41) is 9.51. The molecule has 4 aromatic rings. The van der Waals surface area contributed by atoms with E-state index in [9.17, 15) is 5.26 Å². The third-order valence-corrected chi connectivity index (χ3v) is 5.60. The third kappa shape index (κ3) is 3.39. The van der Waals surface area contributed by atoms with Gasteiger partial charge in [0.2, 0.25) is 11.6 Å². The maximum Gasteiger partial charge on any atom is 0.239 e. The van der Waals surface area contributed by atoms with E-state index < -0.39 is 5.41 Å². The highest BCUT2D eigenvalue weighted by atomic mass is 15.1. The van der Waals surface area contributed by atoms with Crippen LogP contribution in [0.3, 0.4) is 0 Å². The summed E-state index contributed by atoms with van der Waals surface area (Å²) in [7, 11) is 0. The van der Waals surface area contributed by atoms with Crippen molar-refractivity contribution < 1.29 is 0 Å². The summed E-state index contributed by atoms with van der Waals surface area (Å²) in [5.74, 6) is 1.96. The van der Waals surface area contributed by atoms with Crippen molar-refractivity contribution in [3.05, 3.63) is 101 Å². The molecule has 0 aliphatic rings. The summed E-state index contributed by atoms with van der Waals surface area (Å²) in [6.45, 7) is 15.5. The minimum absolute atomic E-state index is 0.485. The Kier molecular flexibility index (Phi) is 4.93. The van der Waals surface area contributed by atoms with Crippen molar-refractivity contribution in [1.82, 2.24) is 19.1 Å². The molecule has 4 aromatic heterocycles. The van der Waals surface area contributed by atoms with Crippen molar-refractivity contribution >= 4 is 5.82 Å². The lowest BCUT2D eigenvalue weighted by molar-refractivity contribution is 0.591. The first-order chi connectivity index (χ1) is 14.9. The van der Waals surface area contributed by atoms with Crippen LogP contribution in [0.1, 0.15) is 42.1 Å². The average Bonchev–Trinajstić information content (AvgIpc) is 3.35. The molecular weight excluding hydrogens is 384 g/mol. The van der Waals surface area contributed by atoms with Crippen LogP contribution in [-0.4, -0.2) is 19.1 Å². The van der Waals surface area contributed by atoms with Gasteiger partial charge in [0.05, 0.1) is 17.6 Å². The standard InChI is InChI=1S/C25H22N6/c1-17-12-14-30(19(17)16-26)22-10-6-8-20(28-22)25(3,4)21-9-7-11-23(29-21)31-15-13-18(2)24(31)27-5/h6-15H,1-4H3. The highest BCUT2D eigenvalue weighted by Gasteiger charge is 2.28. The Morgan fingerprint density at radius 2 is 1.42 bits per heavy atom. The van der Waals surface area contributed by atoms with Crippen LogP contribution in [0.2, 0.25) is 0 Å². The van der Waals surface area contributed by atoms with Crippen LogP contribution in [-0.2, 0) is 5.41 Å². The Bertz CT molecular complexity index is 1250. The molecule has 0 atom stereocenters. The molecule has 0 unspecified atom stereocenters. The minimum Gasteiger partial charge on any atom is -0.363 e. The molecule has 0 aliphatic heterocycles. The summed E-state index contributed by atoms with van der Waals surface area (Å²) < 4.78 is 3.62. The molecule has 0 aliphatic carbocycles. The van der Waals surface area contributed by atoms with Crippen LogP contribution < -0.4 is 0 Å². The SMILES string of the molecule is [C-]#[N+]c1c(C)ccn1-c1cccc(C(C)(C)c2cccc(-n3ccc(C)c3C#N)n2)n1. The van der Waals surface area contributed by atoms with Crippen molar-refractivity contribution in [2.75, 3.05) is 0 Å². The van der Waals surface area contributed by atoms with E-state index in [1.807, 2.05) is 83.9 Å². The normalized spacial score (nSPS) is 11.2. The molecule has 0 radical (unpaired) electrons. The summed E-state index contributed by atoms with van der Waals surface area (Å²) in [6, 6.07) is 17.7. The van der Waals surface area contributed by atoms with Gasteiger partial charge in [0, 0.05) is 17.7 Å². The first-order valence-corrected chi connectivity index (χ1v) is 9.96. The molecule has 6 heteroatoms. The number of pyridine rings is 2. The van der Waals surface area contributed by atoms with Gasteiger partial charge >= 0.3 is 0 Å². The minimum atomic E-state index is -0.485. The molecule has 0 saturated carbocycles. The van der Waals surface area contributed by atoms with Crippen molar-refractivity contribution in [3.63, 3.8) is 0 Å². The number of hydrogen-bond donors (Lipinski definition) is 0. The van der Waals surface area contributed by atoms with Gasteiger partial charge in [-0.3, -0.25) is 4.57 Å². The molecule has 0 N–H and O–H groups in total. The van der Waals surface area contributed by atoms with Crippen LogP contribution in [0.15, 0.2) is 60.9 Å². The average molecular weight is 406 g/mol. The molecule has 0 amide bonds. The van der Waals surface area contributed by atoms with Gasteiger partial charge in [-0.2, -0.15) is 5.26 Å². The lowest BCUT2D eigenvalue weighted by atomic mass is 9.84. The van der Waals surface area contributed by atoms with Gasteiger partial charge in [0.15, 0.2) is 0 Å². The second kappa shape index (κ2) is 7.59. The molecule has 6 nitrogen and oxygen atoms in total. The van der Waals surface area contributed by atoms with E-state index in [1.165, 1.54) is 0 Å². The van der Waals surface area contributed by atoms with E-state index >= 15 is 0 Å². The highest BCUT2D eigenvalue weighted by molar-refractivity contribution is 5.52. The number of aromatic nitrogens is 4. The Balaban J connectivity index is 1.78. The van der Waals surface area contributed by atoms with E-state index in [1.54, 1.807) is 0 Å². The Hall–Kier alpha value is -4.16. The topological polar surface area (TPSA) is 63.8 Å². The molecule has 0 aromatic carbocycles. The van der Waals surface area contributed by atoms with Gasteiger partial charge in [-0.05, 0) is 69.2 Å². The first kappa shape index (κ1) is 20.1. The summed E-state index contributed by atoms with van der Waals surface area (Å²) in [6.07, 6.45) is 3.74. The number of nitrogens with zero attached hydrogens (tertiary/aromatic N) is 6. The molecule has 4 heterocycles. The van der Waals surface area contributed by atoms with Gasteiger partial charge in [0.1, 0.15) is 17.6 Å². The predicted molar refractivity (Wildman–Crippen MR) is 120 cm³/mol. The van der Waals surface area contributed by atoms with Crippen LogP contribution in [0.5, 0.6) is 0 Å². The predicted octanol–water partition coefficient (Wildman–Crippen LogP) is 5.42. The number of rotatable bonds is 4. The Labute approximate surface area is 181 Å². The monoisotopic (exact) mass is 406 g/mol. The van der Waals surface area contributed by atoms with E-state index in [2.05, 4.69) is 24.8 Å². The van der Waals surface area contributed by atoms with Crippen molar-refractivity contribution in [1.29, 1.82) is 5.26 Å². The van der Waals surface area contributed by atoms with Crippen LogP contribution >= 0.6 is 0 Å². The van der Waals surface area contributed by atoms with Crippen LogP contribution in [0, 0.1) is 31.8 Å². The van der Waals surface area contributed by atoms with Crippen molar-refractivity contribution in [2.45, 2.75) is 33.1 Å². The van der Waals surface area contributed by atoms with E-state index in [4.69, 9.17) is 16.5 Å². The summed E-state index contributed by atoms with van der Waals surface area (Å²) >= 11 is 0. The summed E-state index contributed by atoms with van der Waals surface area (Å²) in [4.78, 5) is 13.4. The molecular formula is C25H22N6. The fourth-order valence-corrected chi connectivity index (χ4v) is 3.65. The second-order valence-corrected chi connectivity index (χ2v) is 8.02.